The van der Waals surface area contributed by atoms with Crippen molar-refractivity contribution in [1.29, 1.82) is 0 Å². The Morgan fingerprint density at radius 1 is 1.31 bits per heavy atom. The molecule has 6 nitrogen and oxygen atoms in total. The van der Waals surface area contributed by atoms with E-state index in [0.717, 1.165) is 38.2 Å². The Morgan fingerprint density at radius 3 is 2.85 bits per heavy atom. The van der Waals surface area contributed by atoms with Crippen molar-refractivity contribution in [2.45, 2.75) is 26.2 Å². The third-order valence-corrected chi connectivity index (χ3v) is 4.71. The van der Waals surface area contributed by atoms with Crippen molar-refractivity contribution in [2.24, 2.45) is 5.92 Å². The van der Waals surface area contributed by atoms with Crippen molar-refractivity contribution in [1.82, 2.24) is 14.9 Å². The Kier molecular flexibility index (Phi) is 6.04. The molecule has 0 spiro atoms. The SMILES string of the molecule is COc1ccc(CCNc2cc(C(=O)N3CCCC(C)C3)ncn2)cc1. The Balaban J connectivity index is 1.55. The minimum Gasteiger partial charge on any atom is -0.497 e. The van der Waals surface area contributed by atoms with E-state index in [-0.39, 0.29) is 5.91 Å². The number of likely N-dealkylation sites (tertiary alicyclic amines) is 1. The van der Waals surface area contributed by atoms with E-state index in [1.54, 1.807) is 13.2 Å². The van der Waals surface area contributed by atoms with Gasteiger partial charge in [0.1, 0.15) is 23.6 Å². The number of nitrogens with one attached hydrogen (secondary N) is 1. The molecule has 26 heavy (non-hydrogen) atoms. The highest BCUT2D eigenvalue weighted by Crippen LogP contribution is 2.18. The van der Waals surface area contributed by atoms with Gasteiger partial charge in [-0.3, -0.25) is 4.79 Å². The Bertz CT molecular complexity index is 733. The number of hydrogen-bond donors (Lipinski definition) is 1. The first-order valence-electron chi connectivity index (χ1n) is 9.14. The van der Waals surface area contributed by atoms with Gasteiger partial charge in [0.25, 0.3) is 5.91 Å². The van der Waals surface area contributed by atoms with Gasteiger partial charge in [0.15, 0.2) is 0 Å². The Hall–Kier alpha value is -2.63. The number of hydrogen-bond acceptors (Lipinski definition) is 5. The van der Waals surface area contributed by atoms with Gasteiger partial charge < -0.3 is 15.0 Å². The van der Waals surface area contributed by atoms with Crippen molar-refractivity contribution in [3.8, 4) is 5.75 Å². The molecule has 0 radical (unpaired) electrons. The van der Waals surface area contributed by atoms with E-state index in [9.17, 15) is 4.79 Å². The first-order valence-corrected chi connectivity index (χ1v) is 9.14. The van der Waals surface area contributed by atoms with Crippen LogP contribution in [0.2, 0.25) is 0 Å². The number of rotatable bonds is 6. The molecule has 1 fully saturated rings. The van der Waals surface area contributed by atoms with Crippen LogP contribution in [0.25, 0.3) is 0 Å². The van der Waals surface area contributed by atoms with Crippen LogP contribution < -0.4 is 10.1 Å². The molecule has 138 valence electrons. The molecule has 1 aliphatic rings. The number of benzene rings is 1. The number of ether oxygens (including phenoxy) is 1. The number of amides is 1. The van der Waals surface area contributed by atoms with Crippen molar-refractivity contribution >= 4 is 11.7 Å². The van der Waals surface area contributed by atoms with Gasteiger partial charge in [-0.25, -0.2) is 9.97 Å². The van der Waals surface area contributed by atoms with Gasteiger partial charge in [0, 0.05) is 25.7 Å². The summed E-state index contributed by atoms with van der Waals surface area (Å²) >= 11 is 0. The van der Waals surface area contributed by atoms with Gasteiger partial charge in [0.05, 0.1) is 7.11 Å². The average molecular weight is 354 g/mol. The standard InChI is InChI=1S/C20H26N4O2/c1-15-4-3-11-24(13-15)20(25)18-12-19(23-14-22-18)21-10-9-16-5-7-17(26-2)8-6-16/h5-8,12,14-15H,3-4,9-11,13H2,1-2H3,(H,21,22,23). The zero-order chi connectivity index (χ0) is 18.4. The van der Waals surface area contributed by atoms with Crippen LogP contribution in [0.4, 0.5) is 5.82 Å². The molecule has 6 heteroatoms. The van der Waals surface area contributed by atoms with Gasteiger partial charge in [-0.05, 0) is 42.9 Å². The topological polar surface area (TPSA) is 67.3 Å². The molecular formula is C20H26N4O2. The molecule has 0 saturated carbocycles. The van der Waals surface area contributed by atoms with Gasteiger partial charge in [-0.15, -0.1) is 0 Å². The summed E-state index contributed by atoms with van der Waals surface area (Å²) in [4.78, 5) is 22.9. The van der Waals surface area contributed by atoms with E-state index in [0.29, 0.717) is 17.4 Å². The highest BCUT2D eigenvalue weighted by molar-refractivity contribution is 5.93. The molecule has 1 aromatic heterocycles. The fraction of sp³-hybridized carbons (Fsp3) is 0.450. The smallest absolute Gasteiger partial charge is 0.272 e. The molecule has 0 aliphatic carbocycles. The monoisotopic (exact) mass is 354 g/mol. The molecule has 3 rings (SSSR count). The Morgan fingerprint density at radius 2 is 2.12 bits per heavy atom. The summed E-state index contributed by atoms with van der Waals surface area (Å²) in [5.74, 6) is 2.09. The number of piperidine rings is 1. The molecule has 1 amide bonds. The predicted molar refractivity (Wildman–Crippen MR) is 102 cm³/mol. The number of carbonyl (C=O) groups is 1. The molecule has 1 saturated heterocycles. The number of nitrogens with zero attached hydrogens (tertiary/aromatic N) is 3. The van der Waals surface area contributed by atoms with Gasteiger partial charge in [-0.1, -0.05) is 19.1 Å². The second-order valence-corrected chi connectivity index (χ2v) is 6.81. The first kappa shape index (κ1) is 18.2. The summed E-state index contributed by atoms with van der Waals surface area (Å²) in [6.45, 7) is 4.54. The number of methoxy groups -OCH3 is 1. The maximum absolute atomic E-state index is 12.6. The van der Waals surface area contributed by atoms with Gasteiger partial charge >= 0.3 is 0 Å². The third kappa shape index (κ3) is 4.71. The zero-order valence-electron chi connectivity index (χ0n) is 15.4. The lowest BCUT2D eigenvalue weighted by molar-refractivity contribution is 0.0677. The lowest BCUT2D eigenvalue weighted by Crippen LogP contribution is -2.39. The second kappa shape index (κ2) is 8.65. The normalized spacial score (nSPS) is 17.0. The summed E-state index contributed by atoms with van der Waals surface area (Å²) < 4.78 is 5.17. The Labute approximate surface area is 154 Å². The van der Waals surface area contributed by atoms with Crippen molar-refractivity contribution < 1.29 is 9.53 Å². The van der Waals surface area contributed by atoms with Crippen LogP contribution in [0, 0.1) is 5.92 Å². The summed E-state index contributed by atoms with van der Waals surface area (Å²) in [6, 6.07) is 9.75. The minimum atomic E-state index is -0.00263. The summed E-state index contributed by atoms with van der Waals surface area (Å²) in [5.41, 5.74) is 1.67. The van der Waals surface area contributed by atoms with E-state index in [1.807, 2.05) is 29.2 Å². The largest absolute Gasteiger partial charge is 0.497 e. The highest BCUT2D eigenvalue weighted by atomic mass is 16.5. The summed E-state index contributed by atoms with van der Waals surface area (Å²) in [5, 5.41) is 3.28. The molecule has 1 atom stereocenters. The lowest BCUT2D eigenvalue weighted by Gasteiger charge is -2.30. The van der Waals surface area contributed by atoms with Crippen LogP contribution >= 0.6 is 0 Å². The molecule has 2 aromatic rings. The molecule has 1 aromatic carbocycles. The number of anilines is 1. The van der Waals surface area contributed by atoms with Crippen molar-refractivity contribution in [3.05, 3.63) is 47.9 Å². The maximum atomic E-state index is 12.6. The highest BCUT2D eigenvalue weighted by Gasteiger charge is 2.23. The van der Waals surface area contributed by atoms with Crippen molar-refractivity contribution in [2.75, 3.05) is 32.1 Å². The number of carbonyl (C=O) groups excluding carboxylic acids is 1. The van der Waals surface area contributed by atoms with Crippen LogP contribution in [0.3, 0.4) is 0 Å². The summed E-state index contributed by atoms with van der Waals surface area (Å²) in [7, 11) is 1.66. The molecule has 1 aliphatic heterocycles. The molecule has 1 N–H and O–H groups in total. The van der Waals surface area contributed by atoms with Gasteiger partial charge in [-0.2, -0.15) is 0 Å². The predicted octanol–water partition coefficient (Wildman–Crippen LogP) is 3.01. The first-order chi connectivity index (χ1) is 12.7. The molecular weight excluding hydrogens is 328 g/mol. The fourth-order valence-electron chi connectivity index (χ4n) is 3.23. The quantitative estimate of drug-likeness (QED) is 0.864. The van der Waals surface area contributed by atoms with Crippen LogP contribution in [-0.2, 0) is 6.42 Å². The molecule has 1 unspecified atom stereocenters. The molecule has 2 heterocycles. The van der Waals surface area contributed by atoms with Crippen LogP contribution in [0.15, 0.2) is 36.7 Å². The van der Waals surface area contributed by atoms with E-state index in [2.05, 4.69) is 22.2 Å². The maximum Gasteiger partial charge on any atom is 0.272 e. The van der Waals surface area contributed by atoms with Crippen LogP contribution in [0.5, 0.6) is 5.75 Å². The van der Waals surface area contributed by atoms with E-state index in [4.69, 9.17) is 4.74 Å². The second-order valence-electron chi connectivity index (χ2n) is 6.81. The van der Waals surface area contributed by atoms with Crippen molar-refractivity contribution in [3.63, 3.8) is 0 Å². The van der Waals surface area contributed by atoms with Gasteiger partial charge in [0.2, 0.25) is 0 Å². The average Bonchev–Trinajstić information content (AvgIpc) is 2.68. The number of aromatic nitrogens is 2. The lowest BCUT2D eigenvalue weighted by atomic mass is 10.00. The molecule has 0 bridgehead atoms. The van der Waals surface area contributed by atoms with E-state index in [1.165, 1.54) is 18.3 Å². The fourth-order valence-corrected chi connectivity index (χ4v) is 3.23. The zero-order valence-corrected chi connectivity index (χ0v) is 15.4. The van der Waals surface area contributed by atoms with E-state index < -0.39 is 0 Å². The van der Waals surface area contributed by atoms with E-state index >= 15 is 0 Å². The minimum absolute atomic E-state index is 0.00263. The summed E-state index contributed by atoms with van der Waals surface area (Å²) in [6.07, 6.45) is 4.56. The van der Waals surface area contributed by atoms with Crippen LogP contribution in [-0.4, -0.2) is 47.5 Å². The van der Waals surface area contributed by atoms with Crippen LogP contribution in [0.1, 0.15) is 35.8 Å². The third-order valence-electron chi connectivity index (χ3n) is 4.71.